The number of benzene rings is 1. The molecule has 1 aliphatic heterocycles. The maximum atomic E-state index is 5.99. The first-order chi connectivity index (χ1) is 12.8. The highest BCUT2D eigenvalue weighted by Gasteiger charge is 2.27. The largest absolute Gasteiger partial charge is 0.307 e. The Labute approximate surface area is 157 Å². The highest BCUT2D eigenvalue weighted by Crippen LogP contribution is 2.32. The van der Waals surface area contributed by atoms with Crippen molar-refractivity contribution in [2.45, 2.75) is 25.4 Å². The standard InChI is InChI=1S/C19H19ClN6/c20-15-5-3-14(4-6-15)13-26-11-1-2-17(26)16-7-8-23-19(24-16)25-18-12-21-9-10-22-18/h3-10,12,17H,1-2,11,13H2,(H,22,23,24,25). The number of rotatable bonds is 5. The Balaban J connectivity index is 1.50. The molecule has 26 heavy (non-hydrogen) atoms. The van der Waals surface area contributed by atoms with Gasteiger partial charge < -0.3 is 5.32 Å². The molecule has 0 amide bonds. The summed E-state index contributed by atoms with van der Waals surface area (Å²) in [5.74, 6) is 1.18. The number of aromatic nitrogens is 4. The Morgan fingerprint density at radius 2 is 1.96 bits per heavy atom. The van der Waals surface area contributed by atoms with Crippen molar-refractivity contribution in [1.29, 1.82) is 0 Å². The fraction of sp³-hybridized carbons (Fsp3) is 0.263. The Bertz CT molecular complexity index is 855. The van der Waals surface area contributed by atoms with Gasteiger partial charge in [0.15, 0.2) is 5.82 Å². The van der Waals surface area contributed by atoms with E-state index < -0.39 is 0 Å². The Hall–Kier alpha value is -2.57. The van der Waals surface area contributed by atoms with Crippen LogP contribution in [0, 0.1) is 0 Å². The van der Waals surface area contributed by atoms with Gasteiger partial charge in [-0.2, -0.15) is 0 Å². The Kier molecular flexibility index (Phi) is 5.04. The van der Waals surface area contributed by atoms with E-state index in [0.29, 0.717) is 11.8 Å². The van der Waals surface area contributed by atoms with Crippen molar-refractivity contribution in [1.82, 2.24) is 24.8 Å². The van der Waals surface area contributed by atoms with Crippen molar-refractivity contribution < 1.29 is 0 Å². The predicted molar refractivity (Wildman–Crippen MR) is 101 cm³/mol. The third kappa shape index (κ3) is 3.98. The normalized spacial score (nSPS) is 17.3. The summed E-state index contributed by atoms with van der Waals surface area (Å²) in [7, 11) is 0. The van der Waals surface area contributed by atoms with Crippen LogP contribution in [0.1, 0.15) is 30.1 Å². The van der Waals surface area contributed by atoms with Gasteiger partial charge in [0.2, 0.25) is 5.95 Å². The fourth-order valence-electron chi connectivity index (χ4n) is 3.27. The molecule has 0 radical (unpaired) electrons. The average Bonchev–Trinajstić information content (AvgIpc) is 3.13. The van der Waals surface area contributed by atoms with Gasteiger partial charge in [-0.15, -0.1) is 0 Å². The van der Waals surface area contributed by atoms with E-state index in [2.05, 4.69) is 37.3 Å². The van der Waals surface area contributed by atoms with Gasteiger partial charge in [-0.05, 0) is 43.1 Å². The molecule has 0 saturated carbocycles. The number of hydrogen-bond acceptors (Lipinski definition) is 6. The summed E-state index contributed by atoms with van der Waals surface area (Å²) in [6.07, 6.45) is 8.97. The second kappa shape index (κ2) is 7.76. The zero-order valence-corrected chi connectivity index (χ0v) is 15.0. The first-order valence-electron chi connectivity index (χ1n) is 8.62. The summed E-state index contributed by atoms with van der Waals surface area (Å²) >= 11 is 5.99. The van der Waals surface area contributed by atoms with Crippen molar-refractivity contribution in [3.63, 3.8) is 0 Å². The summed E-state index contributed by atoms with van der Waals surface area (Å²) < 4.78 is 0. The smallest absolute Gasteiger partial charge is 0.228 e. The number of likely N-dealkylation sites (tertiary alicyclic amines) is 1. The molecular weight excluding hydrogens is 348 g/mol. The maximum absolute atomic E-state index is 5.99. The molecule has 1 aromatic carbocycles. The molecule has 7 heteroatoms. The lowest BCUT2D eigenvalue weighted by atomic mass is 10.1. The van der Waals surface area contributed by atoms with Crippen molar-refractivity contribution in [3.05, 3.63) is 71.4 Å². The zero-order chi connectivity index (χ0) is 17.8. The number of nitrogens with one attached hydrogen (secondary N) is 1. The molecule has 1 unspecified atom stereocenters. The van der Waals surface area contributed by atoms with E-state index in [1.54, 1.807) is 24.8 Å². The van der Waals surface area contributed by atoms with Crippen LogP contribution >= 0.6 is 11.6 Å². The van der Waals surface area contributed by atoms with Crippen LogP contribution in [-0.2, 0) is 6.54 Å². The second-order valence-electron chi connectivity index (χ2n) is 6.28. The molecule has 1 atom stereocenters. The Morgan fingerprint density at radius 1 is 1.08 bits per heavy atom. The van der Waals surface area contributed by atoms with Crippen LogP contribution < -0.4 is 5.32 Å². The lowest BCUT2D eigenvalue weighted by Crippen LogP contribution is -2.23. The molecule has 3 heterocycles. The van der Waals surface area contributed by atoms with E-state index in [1.165, 1.54) is 5.56 Å². The molecule has 0 bridgehead atoms. The quantitative estimate of drug-likeness (QED) is 0.736. The number of anilines is 2. The van der Waals surface area contributed by atoms with E-state index in [-0.39, 0.29) is 6.04 Å². The number of hydrogen-bond donors (Lipinski definition) is 1. The van der Waals surface area contributed by atoms with Gasteiger partial charge in [-0.1, -0.05) is 23.7 Å². The minimum absolute atomic E-state index is 0.288. The van der Waals surface area contributed by atoms with Crippen LogP contribution in [0.15, 0.2) is 55.1 Å². The van der Waals surface area contributed by atoms with Crippen molar-refractivity contribution in [2.24, 2.45) is 0 Å². The first-order valence-corrected chi connectivity index (χ1v) is 9.00. The molecule has 1 N–H and O–H groups in total. The van der Waals surface area contributed by atoms with E-state index in [1.807, 2.05) is 18.2 Å². The number of nitrogens with zero attached hydrogens (tertiary/aromatic N) is 5. The van der Waals surface area contributed by atoms with Gasteiger partial charge in [-0.25, -0.2) is 15.0 Å². The van der Waals surface area contributed by atoms with E-state index in [4.69, 9.17) is 16.6 Å². The van der Waals surface area contributed by atoms with Crippen molar-refractivity contribution in [3.8, 4) is 0 Å². The predicted octanol–water partition coefficient (Wildman–Crippen LogP) is 4.00. The number of halogens is 1. The van der Waals surface area contributed by atoms with E-state index in [0.717, 1.165) is 36.6 Å². The topological polar surface area (TPSA) is 66.8 Å². The molecule has 0 spiro atoms. The van der Waals surface area contributed by atoms with Gasteiger partial charge in [0, 0.05) is 30.2 Å². The summed E-state index contributed by atoms with van der Waals surface area (Å²) in [6, 6.07) is 10.3. The van der Waals surface area contributed by atoms with Gasteiger partial charge in [0.05, 0.1) is 17.9 Å². The van der Waals surface area contributed by atoms with Gasteiger partial charge in [0.1, 0.15) is 0 Å². The highest BCUT2D eigenvalue weighted by molar-refractivity contribution is 6.30. The molecule has 4 rings (SSSR count). The SMILES string of the molecule is Clc1ccc(CN2CCCC2c2ccnc(Nc3cnccn3)n2)cc1. The van der Waals surface area contributed by atoms with Crippen molar-refractivity contribution >= 4 is 23.4 Å². The molecular formula is C19H19ClN6. The molecule has 0 aliphatic carbocycles. The van der Waals surface area contributed by atoms with Crippen LogP contribution in [0.4, 0.5) is 11.8 Å². The van der Waals surface area contributed by atoms with Crippen LogP contribution in [0.5, 0.6) is 0 Å². The third-order valence-corrected chi connectivity index (χ3v) is 4.74. The average molecular weight is 367 g/mol. The summed E-state index contributed by atoms with van der Waals surface area (Å²) in [6.45, 7) is 1.95. The van der Waals surface area contributed by atoms with E-state index in [9.17, 15) is 0 Å². The lowest BCUT2D eigenvalue weighted by molar-refractivity contribution is 0.244. The van der Waals surface area contributed by atoms with Gasteiger partial charge in [0.25, 0.3) is 0 Å². The lowest BCUT2D eigenvalue weighted by Gasteiger charge is -2.24. The highest BCUT2D eigenvalue weighted by atomic mass is 35.5. The minimum Gasteiger partial charge on any atom is -0.307 e. The van der Waals surface area contributed by atoms with Crippen LogP contribution in [0.2, 0.25) is 5.02 Å². The molecule has 1 saturated heterocycles. The van der Waals surface area contributed by atoms with Crippen molar-refractivity contribution in [2.75, 3.05) is 11.9 Å². The molecule has 1 aliphatic rings. The van der Waals surface area contributed by atoms with Gasteiger partial charge in [-0.3, -0.25) is 9.88 Å². The summed E-state index contributed by atoms with van der Waals surface area (Å²) in [4.78, 5) is 19.7. The molecule has 1 fully saturated rings. The van der Waals surface area contributed by atoms with Crippen LogP contribution in [0.3, 0.4) is 0 Å². The molecule has 6 nitrogen and oxygen atoms in total. The second-order valence-corrected chi connectivity index (χ2v) is 6.71. The zero-order valence-electron chi connectivity index (χ0n) is 14.2. The first kappa shape index (κ1) is 16.9. The monoisotopic (exact) mass is 366 g/mol. The third-order valence-electron chi connectivity index (χ3n) is 4.48. The molecule has 132 valence electrons. The van der Waals surface area contributed by atoms with Gasteiger partial charge >= 0.3 is 0 Å². The van der Waals surface area contributed by atoms with Crippen LogP contribution in [-0.4, -0.2) is 31.4 Å². The summed E-state index contributed by atoms with van der Waals surface area (Å²) in [5, 5.41) is 3.88. The van der Waals surface area contributed by atoms with Crippen LogP contribution in [0.25, 0.3) is 0 Å². The minimum atomic E-state index is 0.288. The fourth-order valence-corrected chi connectivity index (χ4v) is 3.40. The summed E-state index contributed by atoms with van der Waals surface area (Å²) in [5.41, 5.74) is 2.28. The molecule has 2 aromatic heterocycles. The van der Waals surface area contributed by atoms with E-state index >= 15 is 0 Å². The Morgan fingerprint density at radius 3 is 2.77 bits per heavy atom. The maximum Gasteiger partial charge on any atom is 0.228 e. The molecule has 3 aromatic rings.